The minimum Gasteiger partial charge on any atom is -0.288 e. The largest absolute Gasteiger partial charge is 0.350 e. The quantitative estimate of drug-likeness (QED) is 0.939. The summed E-state index contributed by atoms with van der Waals surface area (Å²) < 4.78 is 29.7. The Morgan fingerprint density at radius 2 is 2.00 bits per heavy atom. The lowest BCUT2D eigenvalue weighted by atomic mass is 10.1. The van der Waals surface area contributed by atoms with Crippen LogP contribution in [0.1, 0.15) is 5.56 Å². The first-order chi connectivity index (χ1) is 8.89. The maximum atomic E-state index is 13.9. The predicted molar refractivity (Wildman–Crippen MR) is 67.7 cm³/mol. The first-order valence-corrected chi connectivity index (χ1v) is 6.00. The number of hydrogen-bond donors (Lipinski definition) is 1. The van der Waals surface area contributed by atoms with Gasteiger partial charge in [-0.1, -0.05) is 28.1 Å². The van der Waals surface area contributed by atoms with E-state index < -0.39 is 17.4 Å². The zero-order valence-electron chi connectivity index (χ0n) is 9.77. The van der Waals surface area contributed by atoms with Gasteiger partial charge in [0, 0.05) is 17.1 Å². The Morgan fingerprint density at radius 1 is 1.37 bits per heavy atom. The van der Waals surface area contributed by atoms with E-state index >= 15 is 0 Å². The van der Waals surface area contributed by atoms with E-state index in [1.807, 2.05) is 5.32 Å². The van der Waals surface area contributed by atoms with Crippen molar-refractivity contribution in [2.75, 3.05) is 5.32 Å². The molecule has 0 spiro atoms. The molecule has 1 heterocycles. The Labute approximate surface area is 115 Å². The zero-order valence-corrected chi connectivity index (χ0v) is 11.4. The molecule has 1 aromatic carbocycles. The van der Waals surface area contributed by atoms with Gasteiger partial charge in [-0.05, 0) is 12.1 Å². The van der Waals surface area contributed by atoms with Crippen molar-refractivity contribution in [3.05, 3.63) is 40.6 Å². The van der Waals surface area contributed by atoms with Crippen molar-refractivity contribution in [2.24, 2.45) is 7.05 Å². The van der Waals surface area contributed by atoms with Gasteiger partial charge in [0.15, 0.2) is 0 Å². The second-order valence-corrected chi connectivity index (χ2v) is 4.69. The normalized spacial score (nSPS) is 11.4. The molecule has 5 nitrogen and oxygen atoms in total. The van der Waals surface area contributed by atoms with E-state index in [1.165, 1.54) is 35.3 Å². The van der Waals surface area contributed by atoms with Gasteiger partial charge in [-0.2, -0.15) is 8.78 Å². The highest BCUT2D eigenvalue weighted by molar-refractivity contribution is 9.10. The molecule has 1 amide bonds. The molecule has 8 heteroatoms. The van der Waals surface area contributed by atoms with E-state index in [1.54, 1.807) is 7.05 Å². The summed E-state index contributed by atoms with van der Waals surface area (Å²) in [5.74, 6) is -5.29. The molecule has 0 atom stereocenters. The van der Waals surface area contributed by atoms with Crippen molar-refractivity contribution in [3.8, 4) is 0 Å². The van der Waals surface area contributed by atoms with E-state index in [0.717, 1.165) is 0 Å². The molecule has 0 bridgehead atoms. The first kappa shape index (κ1) is 13.6. The average molecular weight is 331 g/mol. The lowest BCUT2D eigenvalue weighted by Crippen LogP contribution is -2.32. The van der Waals surface area contributed by atoms with Gasteiger partial charge >= 0.3 is 11.8 Å². The van der Waals surface area contributed by atoms with Gasteiger partial charge in [-0.3, -0.25) is 14.8 Å². The molecule has 0 saturated heterocycles. The van der Waals surface area contributed by atoms with Gasteiger partial charge in [0.25, 0.3) is 0 Å². The van der Waals surface area contributed by atoms with E-state index in [9.17, 15) is 13.6 Å². The number of halogens is 3. The molecule has 0 aliphatic heterocycles. The maximum absolute atomic E-state index is 13.9. The Kier molecular flexibility index (Phi) is 3.61. The van der Waals surface area contributed by atoms with Crippen LogP contribution in [0.2, 0.25) is 0 Å². The number of benzene rings is 1. The summed E-state index contributed by atoms with van der Waals surface area (Å²) in [7, 11) is 1.57. The number of alkyl halides is 2. The second kappa shape index (κ2) is 5.04. The Hall–Kier alpha value is -1.83. The second-order valence-electron chi connectivity index (χ2n) is 3.78. The maximum Gasteiger partial charge on any atom is 0.350 e. The van der Waals surface area contributed by atoms with Gasteiger partial charge in [0.05, 0.1) is 0 Å². The minimum atomic E-state index is -3.65. The highest BCUT2D eigenvalue weighted by atomic mass is 79.9. The van der Waals surface area contributed by atoms with Crippen molar-refractivity contribution in [1.82, 2.24) is 14.8 Å². The summed E-state index contributed by atoms with van der Waals surface area (Å²) in [4.78, 5) is 15.2. The van der Waals surface area contributed by atoms with Gasteiger partial charge in [-0.25, -0.2) is 4.98 Å². The molecular formula is C11H9BrF2N4O. The number of rotatable bonds is 3. The third-order valence-electron chi connectivity index (χ3n) is 2.32. The molecular weight excluding hydrogens is 322 g/mol. The number of nitrogens with one attached hydrogen (secondary N) is 1. The Balaban J connectivity index is 2.19. The summed E-state index contributed by atoms with van der Waals surface area (Å²) in [6.45, 7) is 0. The predicted octanol–water partition coefficient (Wildman–Crippen LogP) is 2.31. The fourth-order valence-corrected chi connectivity index (χ4v) is 1.63. The lowest BCUT2D eigenvalue weighted by molar-refractivity contribution is -0.141. The van der Waals surface area contributed by atoms with E-state index in [-0.39, 0.29) is 5.95 Å². The zero-order chi connectivity index (χ0) is 14.0. The van der Waals surface area contributed by atoms with Gasteiger partial charge in [0.1, 0.15) is 6.33 Å². The van der Waals surface area contributed by atoms with Crippen LogP contribution >= 0.6 is 15.9 Å². The number of nitrogens with zero attached hydrogens (tertiary/aromatic N) is 3. The molecule has 0 aliphatic carbocycles. The topological polar surface area (TPSA) is 59.8 Å². The fourth-order valence-electron chi connectivity index (χ4n) is 1.37. The third-order valence-corrected chi connectivity index (χ3v) is 2.85. The average Bonchev–Trinajstić information content (AvgIpc) is 2.75. The number of anilines is 1. The smallest absolute Gasteiger partial charge is 0.288 e. The number of aromatic nitrogens is 3. The molecule has 1 aromatic heterocycles. The van der Waals surface area contributed by atoms with E-state index in [2.05, 4.69) is 26.0 Å². The molecule has 2 aromatic rings. The van der Waals surface area contributed by atoms with Crippen LogP contribution in [0.15, 0.2) is 35.1 Å². The fraction of sp³-hybridized carbons (Fsp3) is 0.182. The summed E-state index contributed by atoms with van der Waals surface area (Å²) >= 11 is 3.14. The van der Waals surface area contributed by atoms with E-state index in [4.69, 9.17) is 0 Å². The summed E-state index contributed by atoms with van der Waals surface area (Å²) in [5.41, 5.74) is -0.399. The highest BCUT2D eigenvalue weighted by Gasteiger charge is 2.41. The lowest BCUT2D eigenvalue weighted by Gasteiger charge is -2.15. The van der Waals surface area contributed by atoms with E-state index in [0.29, 0.717) is 4.47 Å². The number of carbonyl (C=O) groups is 1. The molecule has 19 heavy (non-hydrogen) atoms. The van der Waals surface area contributed by atoms with Crippen LogP contribution in [-0.4, -0.2) is 20.7 Å². The van der Waals surface area contributed by atoms with Crippen LogP contribution in [0.4, 0.5) is 14.7 Å². The molecule has 0 fully saturated rings. The Bertz CT molecular complexity index is 597. The van der Waals surface area contributed by atoms with Crippen LogP contribution in [-0.2, 0) is 17.8 Å². The third kappa shape index (κ3) is 2.95. The summed E-state index contributed by atoms with van der Waals surface area (Å²) in [6, 6.07) is 5.23. The van der Waals surface area contributed by atoms with Crippen LogP contribution in [0, 0.1) is 0 Å². The molecule has 0 aliphatic rings. The monoisotopic (exact) mass is 330 g/mol. The molecule has 1 N–H and O–H groups in total. The first-order valence-electron chi connectivity index (χ1n) is 5.20. The molecule has 0 saturated carbocycles. The number of aryl methyl sites for hydroxylation is 1. The summed E-state index contributed by atoms with van der Waals surface area (Å²) in [6.07, 6.45) is 1.30. The Morgan fingerprint density at radius 3 is 2.53 bits per heavy atom. The molecule has 0 unspecified atom stereocenters. The minimum absolute atomic E-state index is 0.163. The molecule has 2 rings (SSSR count). The van der Waals surface area contributed by atoms with Crippen LogP contribution in [0.3, 0.4) is 0 Å². The van der Waals surface area contributed by atoms with Crippen molar-refractivity contribution >= 4 is 27.8 Å². The van der Waals surface area contributed by atoms with Crippen molar-refractivity contribution in [2.45, 2.75) is 5.92 Å². The number of hydrogen-bond acceptors (Lipinski definition) is 3. The van der Waals surface area contributed by atoms with Crippen LogP contribution in [0.25, 0.3) is 0 Å². The standard InChI is InChI=1S/C11H9BrF2N4O/c1-18-6-15-10(17-18)16-9(19)11(13,14)7-2-4-8(12)5-3-7/h2-6H,1H3,(H,16,17,19). The van der Waals surface area contributed by atoms with Gasteiger partial charge in [-0.15, -0.1) is 5.10 Å². The van der Waals surface area contributed by atoms with Gasteiger partial charge < -0.3 is 0 Å². The molecule has 0 radical (unpaired) electrons. The summed E-state index contributed by atoms with van der Waals surface area (Å²) in [5, 5.41) is 5.68. The van der Waals surface area contributed by atoms with Crippen molar-refractivity contribution in [3.63, 3.8) is 0 Å². The van der Waals surface area contributed by atoms with Gasteiger partial charge in [0.2, 0.25) is 5.95 Å². The number of carbonyl (C=O) groups excluding carboxylic acids is 1. The van der Waals surface area contributed by atoms with Crippen LogP contribution in [0.5, 0.6) is 0 Å². The van der Waals surface area contributed by atoms with Crippen molar-refractivity contribution < 1.29 is 13.6 Å². The highest BCUT2D eigenvalue weighted by Crippen LogP contribution is 2.30. The molecule has 100 valence electrons. The van der Waals surface area contributed by atoms with Crippen LogP contribution < -0.4 is 5.32 Å². The van der Waals surface area contributed by atoms with Crippen molar-refractivity contribution in [1.29, 1.82) is 0 Å². The SMILES string of the molecule is Cn1cnc(NC(=O)C(F)(F)c2ccc(Br)cc2)n1. The number of amides is 1.